The molecule has 1 aliphatic rings. The lowest BCUT2D eigenvalue weighted by Gasteiger charge is -2.31. The van der Waals surface area contributed by atoms with E-state index in [1.165, 1.54) is 0 Å². The van der Waals surface area contributed by atoms with Gasteiger partial charge in [-0.25, -0.2) is 4.98 Å². The van der Waals surface area contributed by atoms with Crippen LogP contribution in [0.4, 0.5) is 5.82 Å². The second-order valence-electron chi connectivity index (χ2n) is 16.2. The molecule has 276 valence electrons. The van der Waals surface area contributed by atoms with Crippen molar-refractivity contribution in [1.82, 2.24) is 19.6 Å². The number of hydrogen-bond acceptors (Lipinski definition) is 8. The van der Waals surface area contributed by atoms with E-state index in [1.807, 2.05) is 42.0 Å². The van der Waals surface area contributed by atoms with Gasteiger partial charge in [0.15, 0.2) is 11.5 Å². The van der Waals surface area contributed by atoms with Crippen LogP contribution in [0, 0.1) is 5.92 Å². The fourth-order valence-electron chi connectivity index (χ4n) is 6.42. The zero-order chi connectivity index (χ0) is 36.6. The van der Waals surface area contributed by atoms with Crippen LogP contribution in [0.25, 0.3) is 28.0 Å². The maximum Gasteiger partial charge on any atom is 0.306 e. The van der Waals surface area contributed by atoms with Gasteiger partial charge in [0.05, 0.1) is 28.7 Å². The first-order chi connectivity index (χ1) is 24.3. The molecule has 0 atom stereocenters. The first-order valence-electron chi connectivity index (χ1n) is 18.5. The van der Waals surface area contributed by atoms with Crippen LogP contribution in [-0.2, 0) is 19.0 Å². The van der Waals surface area contributed by atoms with E-state index >= 15 is 0 Å². The Bertz CT molecular complexity index is 1690. The molecule has 0 radical (unpaired) electrons. The Kier molecular flexibility index (Phi) is 13.7. The normalized spacial score (nSPS) is 16.8. The highest BCUT2D eigenvalue weighted by Gasteiger charge is 2.31. The third kappa shape index (κ3) is 11.0. The van der Waals surface area contributed by atoms with E-state index in [9.17, 15) is 4.79 Å². The number of anilines is 1. The van der Waals surface area contributed by atoms with Gasteiger partial charge < -0.3 is 19.1 Å². The highest BCUT2D eigenvalue weighted by molar-refractivity contribution is 9.10. The van der Waals surface area contributed by atoms with Crippen molar-refractivity contribution in [2.45, 2.75) is 96.3 Å². The van der Waals surface area contributed by atoms with E-state index in [0.29, 0.717) is 45.6 Å². The summed E-state index contributed by atoms with van der Waals surface area (Å²) in [5.74, 6) is 1.34. The predicted octanol–water partition coefficient (Wildman–Crippen LogP) is 9.88. The number of esters is 1. The van der Waals surface area contributed by atoms with Gasteiger partial charge in [0.2, 0.25) is 0 Å². The van der Waals surface area contributed by atoms with E-state index in [-0.39, 0.29) is 11.9 Å². The van der Waals surface area contributed by atoms with E-state index in [0.717, 1.165) is 81.8 Å². The number of carbonyl (C=O) groups is 1. The van der Waals surface area contributed by atoms with Crippen LogP contribution in [0.2, 0.25) is 51.4 Å². The number of nitrogens with zero attached hydrogens (tertiary/aromatic N) is 5. The Labute approximate surface area is 314 Å². The average molecular weight is 795 g/mol. The number of rotatable bonds is 17. The number of benzene rings is 1. The molecule has 5 rings (SSSR count). The van der Waals surface area contributed by atoms with Crippen molar-refractivity contribution >= 4 is 49.5 Å². The van der Waals surface area contributed by atoms with Crippen molar-refractivity contribution in [2.75, 3.05) is 38.2 Å². The van der Waals surface area contributed by atoms with Crippen molar-refractivity contribution in [3.05, 3.63) is 65.0 Å². The fraction of sp³-hybridized carbons (Fsp3) is 0.538. The molecular weight excluding hydrogens is 739 g/mol. The summed E-state index contributed by atoms with van der Waals surface area (Å²) in [6.45, 7) is 18.7. The van der Waals surface area contributed by atoms with E-state index in [2.05, 4.69) is 84.4 Å². The Balaban J connectivity index is 1.52. The molecule has 0 aliphatic heterocycles. The third-order valence-corrected chi connectivity index (χ3v) is 13.7. The SMILES string of the molecule is CCOC(=O)CC1CCC(c2nc3c(-c4ccc(-c5ccccc5)nc4)cnn3c(N(COCC[Si](C)(C)C)COCC[Si](C)(C)C)c2Br)CC1. The maximum absolute atomic E-state index is 12.3. The summed E-state index contributed by atoms with van der Waals surface area (Å²) in [7, 11) is -2.54. The van der Waals surface area contributed by atoms with Crippen LogP contribution < -0.4 is 4.90 Å². The second kappa shape index (κ2) is 17.7. The molecule has 1 saturated carbocycles. The number of halogens is 1. The Morgan fingerprint density at radius 3 is 2.10 bits per heavy atom. The van der Waals surface area contributed by atoms with Crippen LogP contribution in [-0.4, -0.2) is 75.0 Å². The summed E-state index contributed by atoms with van der Waals surface area (Å²) >= 11 is 4.05. The molecule has 1 aromatic carbocycles. The lowest BCUT2D eigenvalue weighted by atomic mass is 9.79. The van der Waals surface area contributed by atoms with Crippen molar-refractivity contribution < 1.29 is 19.0 Å². The molecule has 4 aromatic rings. The van der Waals surface area contributed by atoms with Crippen LogP contribution in [0.15, 0.2) is 59.3 Å². The van der Waals surface area contributed by atoms with Crippen molar-refractivity contribution in [2.24, 2.45) is 5.92 Å². The first kappa shape index (κ1) is 39.3. The molecule has 1 aliphatic carbocycles. The van der Waals surface area contributed by atoms with Crippen LogP contribution in [0.5, 0.6) is 0 Å². The van der Waals surface area contributed by atoms with Gasteiger partial charge in [0.25, 0.3) is 0 Å². The molecule has 0 amide bonds. The van der Waals surface area contributed by atoms with E-state index in [4.69, 9.17) is 29.3 Å². The minimum Gasteiger partial charge on any atom is -0.466 e. The zero-order valence-electron chi connectivity index (χ0n) is 31.6. The van der Waals surface area contributed by atoms with Crippen LogP contribution in [0.1, 0.15) is 50.6 Å². The minimum atomic E-state index is -1.27. The van der Waals surface area contributed by atoms with Gasteiger partial charge >= 0.3 is 5.97 Å². The molecule has 0 bridgehead atoms. The summed E-state index contributed by atoms with van der Waals surface area (Å²) in [5, 5.41) is 4.95. The number of aromatic nitrogens is 4. The zero-order valence-corrected chi connectivity index (χ0v) is 35.2. The summed E-state index contributed by atoms with van der Waals surface area (Å²) in [6.07, 6.45) is 8.10. The molecule has 51 heavy (non-hydrogen) atoms. The topological polar surface area (TPSA) is 91.1 Å². The predicted molar refractivity (Wildman–Crippen MR) is 216 cm³/mol. The van der Waals surface area contributed by atoms with Gasteiger partial charge in [-0.1, -0.05) is 75.7 Å². The van der Waals surface area contributed by atoms with Crippen molar-refractivity contribution in [1.29, 1.82) is 0 Å². The lowest BCUT2D eigenvalue weighted by Crippen LogP contribution is -2.34. The monoisotopic (exact) mass is 793 g/mol. The summed E-state index contributed by atoms with van der Waals surface area (Å²) in [5.41, 5.74) is 5.67. The number of carbonyl (C=O) groups excluding carboxylic acids is 1. The molecule has 1 fully saturated rings. The van der Waals surface area contributed by atoms with Gasteiger partial charge in [-0.2, -0.15) is 9.61 Å². The van der Waals surface area contributed by atoms with Crippen molar-refractivity contribution in [3.8, 4) is 22.4 Å². The Hall–Kier alpha value is -2.91. The summed E-state index contributed by atoms with van der Waals surface area (Å²) in [6, 6.07) is 16.6. The number of hydrogen-bond donors (Lipinski definition) is 0. The summed E-state index contributed by atoms with van der Waals surface area (Å²) in [4.78, 5) is 24.6. The highest BCUT2D eigenvalue weighted by atomic mass is 79.9. The third-order valence-electron chi connectivity index (χ3n) is 9.52. The van der Waals surface area contributed by atoms with E-state index in [1.54, 1.807) is 0 Å². The Morgan fingerprint density at radius 1 is 0.882 bits per heavy atom. The molecule has 0 unspecified atom stereocenters. The van der Waals surface area contributed by atoms with Crippen LogP contribution >= 0.6 is 15.9 Å². The highest BCUT2D eigenvalue weighted by Crippen LogP contribution is 2.43. The fourth-order valence-corrected chi connectivity index (χ4v) is 8.76. The van der Waals surface area contributed by atoms with Gasteiger partial charge in [-0.15, -0.1) is 0 Å². The molecule has 3 heterocycles. The quantitative estimate of drug-likeness (QED) is 0.0452. The summed E-state index contributed by atoms with van der Waals surface area (Å²) < 4.78 is 20.9. The second-order valence-corrected chi connectivity index (χ2v) is 28.2. The molecule has 9 nitrogen and oxygen atoms in total. The molecular formula is C39H56BrN5O4Si2. The molecule has 0 saturated heterocycles. The standard InChI is InChI=1S/C39H56BrN5O4Si2/c1-8-49-35(46)24-29-14-16-31(17-15-29)37-36(40)39(44(27-47-20-22-50(2,3)4)28-48-21-23-51(5,6)7)45-38(43-37)33(26-42-45)32-18-19-34(41-25-32)30-12-10-9-11-13-30/h9-13,18-19,25-26,29,31H,8,14-17,20-24,27-28H2,1-7H3. The largest absolute Gasteiger partial charge is 0.466 e. The molecule has 12 heteroatoms. The number of fused-ring (bicyclic) bond motifs is 1. The van der Waals surface area contributed by atoms with Gasteiger partial charge in [-0.05, 0) is 72.6 Å². The molecule has 3 aromatic heterocycles. The minimum absolute atomic E-state index is 0.0985. The van der Waals surface area contributed by atoms with E-state index < -0.39 is 16.1 Å². The first-order valence-corrected chi connectivity index (χ1v) is 26.7. The lowest BCUT2D eigenvalue weighted by molar-refractivity contribution is -0.144. The van der Waals surface area contributed by atoms with Gasteiger partial charge in [-0.3, -0.25) is 9.78 Å². The molecule has 0 N–H and O–H groups in total. The van der Waals surface area contributed by atoms with Gasteiger partial charge in [0, 0.05) is 64.6 Å². The van der Waals surface area contributed by atoms with Crippen molar-refractivity contribution in [3.63, 3.8) is 0 Å². The maximum atomic E-state index is 12.3. The van der Waals surface area contributed by atoms with Crippen LogP contribution in [0.3, 0.4) is 0 Å². The average Bonchev–Trinajstić information content (AvgIpc) is 3.51. The smallest absolute Gasteiger partial charge is 0.306 e. The number of ether oxygens (including phenoxy) is 3. The number of pyridine rings is 1. The van der Waals surface area contributed by atoms with Gasteiger partial charge in [0.1, 0.15) is 13.5 Å². The molecule has 0 spiro atoms. The Morgan fingerprint density at radius 2 is 1.53 bits per heavy atom.